The van der Waals surface area contributed by atoms with Crippen LogP contribution < -0.4 is 10.6 Å². The molecule has 0 amide bonds. The van der Waals surface area contributed by atoms with Gasteiger partial charge in [-0.3, -0.25) is 4.99 Å². The number of aryl methyl sites for hydroxylation is 1. The van der Waals surface area contributed by atoms with Gasteiger partial charge in [0, 0.05) is 25.7 Å². The fourth-order valence-electron chi connectivity index (χ4n) is 2.18. The molecular weight excluding hydrogens is 262 g/mol. The molecule has 0 aliphatic heterocycles. The van der Waals surface area contributed by atoms with Gasteiger partial charge in [-0.2, -0.15) is 0 Å². The first kappa shape index (κ1) is 15.4. The summed E-state index contributed by atoms with van der Waals surface area (Å²) in [7, 11) is 1.80. The molecule has 2 aromatic rings. The van der Waals surface area contributed by atoms with E-state index in [2.05, 4.69) is 52.0 Å². The predicted molar refractivity (Wildman–Crippen MR) is 88.6 cm³/mol. The summed E-state index contributed by atoms with van der Waals surface area (Å²) in [6, 6.07) is 8.21. The molecule has 1 aromatic heterocycles. The fourth-order valence-corrected chi connectivity index (χ4v) is 2.18. The summed E-state index contributed by atoms with van der Waals surface area (Å²) in [6.45, 7) is 8.19. The largest absolute Gasteiger partial charge is 0.356 e. The lowest BCUT2D eigenvalue weighted by Gasteiger charge is -2.23. The predicted octanol–water partition coefficient (Wildman–Crippen LogP) is 2.39. The minimum atomic E-state index is 0.0163. The van der Waals surface area contributed by atoms with Crippen LogP contribution in [0.5, 0.6) is 0 Å². The second-order valence-electron chi connectivity index (χ2n) is 6.15. The third kappa shape index (κ3) is 4.48. The summed E-state index contributed by atoms with van der Waals surface area (Å²) in [5.74, 6) is 0.845. The van der Waals surface area contributed by atoms with Gasteiger partial charge in [-0.25, -0.2) is 4.98 Å². The Morgan fingerprint density at radius 1 is 1.29 bits per heavy atom. The Kier molecular flexibility index (Phi) is 4.83. The van der Waals surface area contributed by atoms with Gasteiger partial charge in [0.05, 0.1) is 17.4 Å². The number of aromatic nitrogens is 2. The Morgan fingerprint density at radius 2 is 2.05 bits per heavy atom. The highest BCUT2D eigenvalue weighted by Crippen LogP contribution is 2.11. The number of nitrogens with one attached hydrogen (secondary N) is 2. The van der Waals surface area contributed by atoms with E-state index in [1.54, 1.807) is 7.05 Å². The van der Waals surface area contributed by atoms with E-state index >= 15 is 0 Å². The Balaban J connectivity index is 1.82. The zero-order chi connectivity index (χ0) is 15.3. The van der Waals surface area contributed by atoms with Gasteiger partial charge in [0.15, 0.2) is 5.96 Å². The molecule has 0 radical (unpaired) electrons. The molecule has 0 aliphatic carbocycles. The summed E-state index contributed by atoms with van der Waals surface area (Å²) in [4.78, 5) is 8.64. The first-order valence-electron chi connectivity index (χ1n) is 7.38. The van der Waals surface area contributed by atoms with E-state index in [4.69, 9.17) is 0 Å². The van der Waals surface area contributed by atoms with Crippen LogP contribution in [0, 0.1) is 0 Å². The van der Waals surface area contributed by atoms with Crippen LogP contribution >= 0.6 is 0 Å². The standard InChI is InChI=1S/C16H25N5/c1-16(2,3)20-15(17-4)18-10-7-11-21-12-19-13-8-5-6-9-14(13)21/h5-6,8-9,12H,7,10-11H2,1-4H3,(H2,17,18,20). The number of benzene rings is 1. The van der Waals surface area contributed by atoms with Gasteiger partial charge in [-0.15, -0.1) is 0 Å². The highest BCUT2D eigenvalue weighted by molar-refractivity contribution is 5.80. The number of para-hydroxylation sites is 2. The number of aliphatic imine (C=N–C) groups is 1. The minimum Gasteiger partial charge on any atom is -0.356 e. The number of fused-ring (bicyclic) bond motifs is 1. The van der Waals surface area contributed by atoms with Gasteiger partial charge in [-0.1, -0.05) is 12.1 Å². The first-order chi connectivity index (χ1) is 9.99. The van der Waals surface area contributed by atoms with Crippen LogP contribution in [0.4, 0.5) is 0 Å². The smallest absolute Gasteiger partial charge is 0.191 e. The van der Waals surface area contributed by atoms with Crippen LogP contribution in [0.1, 0.15) is 27.2 Å². The molecule has 0 bridgehead atoms. The maximum Gasteiger partial charge on any atom is 0.191 e. The molecule has 5 nitrogen and oxygen atoms in total. The molecule has 21 heavy (non-hydrogen) atoms. The van der Waals surface area contributed by atoms with Crippen LogP contribution in [0.2, 0.25) is 0 Å². The summed E-state index contributed by atoms with van der Waals surface area (Å²) in [5.41, 5.74) is 2.26. The molecule has 0 saturated carbocycles. The van der Waals surface area contributed by atoms with Crippen molar-refractivity contribution in [3.05, 3.63) is 30.6 Å². The zero-order valence-corrected chi connectivity index (χ0v) is 13.3. The Labute approximate surface area is 126 Å². The lowest BCUT2D eigenvalue weighted by Crippen LogP contribution is -2.47. The molecule has 114 valence electrons. The summed E-state index contributed by atoms with van der Waals surface area (Å²) in [5, 5.41) is 6.69. The van der Waals surface area contributed by atoms with Gasteiger partial charge in [0.2, 0.25) is 0 Å². The average Bonchev–Trinajstić information content (AvgIpc) is 2.84. The normalized spacial score (nSPS) is 12.7. The monoisotopic (exact) mass is 287 g/mol. The Hall–Kier alpha value is -2.04. The fraction of sp³-hybridized carbons (Fsp3) is 0.500. The maximum atomic E-state index is 4.40. The number of nitrogens with zero attached hydrogens (tertiary/aromatic N) is 3. The quantitative estimate of drug-likeness (QED) is 0.516. The highest BCUT2D eigenvalue weighted by Gasteiger charge is 2.11. The lowest BCUT2D eigenvalue weighted by molar-refractivity contribution is 0.499. The molecule has 2 rings (SSSR count). The lowest BCUT2D eigenvalue weighted by atomic mass is 10.1. The molecule has 5 heteroatoms. The Bertz CT molecular complexity index is 606. The second-order valence-corrected chi connectivity index (χ2v) is 6.15. The van der Waals surface area contributed by atoms with Crippen molar-refractivity contribution in [2.75, 3.05) is 13.6 Å². The van der Waals surface area contributed by atoms with Gasteiger partial charge < -0.3 is 15.2 Å². The van der Waals surface area contributed by atoms with Crippen molar-refractivity contribution in [1.29, 1.82) is 0 Å². The second kappa shape index (κ2) is 6.61. The topological polar surface area (TPSA) is 54.2 Å². The summed E-state index contributed by atoms with van der Waals surface area (Å²) < 4.78 is 2.19. The molecule has 0 unspecified atom stereocenters. The molecule has 0 atom stereocenters. The maximum absolute atomic E-state index is 4.40. The number of hydrogen-bond donors (Lipinski definition) is 2. The van der Waals surface area contributed by atoms with Gasteiger partial charge in [0.1, 0.15) is 0 Å². The van der Waals surface area contributed by atoms with Crippen LogP contribution in [0.3, 0.4) is 0 Å². The van der Waals surface area contributed by atoms with E-state index in [1.165, 1.54) is 5.52 Å². The van der Waals surface area contributed by atoms with E-state index < -0.39 is 0 Å². The van der Waals surface area contributed by atoms with E-state index in [0.29, 0.717) is 0 Å². The highest BCUT2D eigenvalue weighted by atomic mass is 15.2. The van der Waals surface area contributed by atoms with Crippen molar-refractivity contribution >= 4 is 17.0 Å². The summed E-state index contributed by atoms with van der Waals surface area (Å²) in [6.07, 6.45) is 2.93. The third-order valence-electron chi connectivity index (χ3n) is 3.11. The van der Waals surface area contributed by atoms with Crippen LogP contribution in [-0.4, -0.2) is 34.6 Å². The van der Waals surface area contributed by atoms with Crippen LogP contribution in [0.25, 0.3) is 11.0 Å². The first-order valence-corrected chi connectivity index (χ1v) is 7.38. The molecule has 1 heterocycles. The third-order valence-corrected chi connectivity index (χ3v) is 3.11. The molecule has 0 aliphatic rings. The molecule has 0 fully saturated rings. The zero-order valence-electron chi connectivity index (χ0n) is 13.3. The van der Waals surface area contributed by atoms with Crippen molar-refractivity contribution in [1.82, 2.24) is 20.2 Å². The number of rotatable bonds is 4. The van der Waals surface area contributed by atoms with Gasteiger partial charge in [0.25, 0.3) is 0 Å². The van der Waals surface area contributed by atoms with Crippen molar-refractivity contribution in [2.45, 2.75) is 39.3 Å². The average molecular weight is 287 g/mol. The number of imidazole rings is 1. The van der Waals surface area contributed by atoms with Crippen LogP contribution in [-0.2, 0) is 6.54 Å². The van der Waals surface area contributed by atoms with Gasteiger partial charge in [-0.05, 0) is 39.3 Å². The molecular formula is C16H25N5. The van der Waals surface area contributed by atoms with Crippen molar-refractivity contribution < 1.29 is 0 Å². The van der Waals surface area contributed by atoms with Crippen molar-refractivity contribution in [3.63, 3.8) is 0 Å². The van der Waals surface area contributed by atoms with E-state index in [9.17, 15) is 0 Å². The van der Waals surface area contributed by atoms with E-state index in [-0.39, 0.29) is 5.54 Å². The SMILES string of the molecule is CN=C(NCCCn1cnc2ccccc21)NC(C)(C)C. The van der Waals surface area contributed by atoms with Crippen molar-refractivity contribution in [2.24, 2.45) is 4.99 Å². The number of guanidine groups is 1. The van der Waals surface area contributed by atoms with E-state index in [0.717, 1.165) is 31.0 Å². The van der Waals surface area contributed by atoms with Crippen LogP contribution in [0.15, 0.2) is 35.6 Å². The summed E-state index contributed by atoms with van der Waals surface area (Å²) >= 11 is 0. The van der Waals surface area contributed by atoms with Crippen molar-refractivity contribution in [3.8, 4) is 0 Å². The Morgan fingerprint density at radius 3 is 2.76 bits per heavy atom. The molecule has 0 spiro atoms. The molecule has 1 aromatic carbocycles. The molecule has 0 saturated heterocycles. The van der Waals surface area contributed by atoms with Gasteiger partial charge >= 0.3 is 0 Å². The molecule has 2 N–H and O–H groups in total. The minimum absolute atomic E-state index is 0.0163. The van der Waals surface area contributed by atoms with E-state index in [1.807, 2.05) is 24.5 Å². The number of hydrogen-bond acceptors (Lipinski definition) is 2.